The van der Waals surface area contributed by atoms with Crippen molar-refractivity contribution in [3.8, 4) is 0 Å². The maximum atomic E-state index is 11.5. The standard InChI is InChI=1S/C18H17N3O3/c1-24-18(23)15-9-7-14(8-10-15)16(22)17-20-19-12-21(17)11-13-5-3-2-4-6-13/h2-10,12,16,22H,11H2,1H3/t16-/m0/s1. The molecule has 1 aromatic heterocycles. The van der Waals surface area contributed by atoms with Gasteiger partial charge in [0.05, 0.1) is 19.2 Å². The van der Waals surface area contributed by atoms with Crippen molar-refractivity contribution in [2.45, 2.75) is 12.6 Å². The second kappa shape index (κ2) is 7.06. The summed E-state index contributed by atoms with van der Waals surface area (Å²) >= 11 is 0. The first-order chi connectivity index (χ1) is 11.7. The summed E-state index contributed by atoms with van der Waals surface area (Å²) in [5.74, 6) is 0.0351. The van der Waals surface area contributed by atoms with E-state index < -0.39 is 12.1 Å². The third-order valence-corrected chi connectivity index (χ3v) is 3.73. The summed E-state index contributed by atoms with van der Waals surface area (Å²) in [4.78, 5) is 11.5. The maximum Gasteiger partial charge on any atom is 0.337 e. The molecule has 0 fully saturated rings. The number of carbonyl (C=O) groups excluding carboxylic acids is 1. The molecule has 0 aliphatic carbocycles. The molecule has 0 spiro atoms. The summed E-state index contributed by atoms with van der Waals surface area (Å²) in [6.45, 7) is 0.570. The van der Waals surface area contributed by atoms with Gasteiger partial charge in [0.15, 0.2) is 5.82 Å². The van der Waals surface area contributed by atoms with Crippen LogP contribution in [-0.2, 0) is 11.3 Å². The fraction of sp³-hybridized carbons (Fsp3) is 0.167. The van der Waals surface area contributed by atoms with E-state index in [0.29, 0.717) is 23.5 Å². The summed E-state index contributed by atoms with van der Waals surface area (Å²) in [5, 5.41) is 18.5. The van der Waals surface area contributed by atoms with E-state index >= 15 is 0 Å². The van der Waals surface area contributed by atoms with E-state index in [0.717, 1.165) is 5.56 Å². The molecule has 1 atom stereocenters. The van der Waals surface area contributed by atoms with Crippen LogP contribution in [0.15, 0.2) is 60.9 Å². The molecule has 6 heteroatoms. The average molecular weight is 323 g/mol. The van der Waals surface area contributed by atoms with Crippen LogP contribution in [0.5, 0.6) is 0 Å². The normalized spacial score (nSPS) is 11.9. The van der Waals surface area contributed by atoms with Gasteiger partial charge in [-0.3, -0.25) is 0 Å². The molecule has 24 heavy (non-hydrogen) atoms. The lowest BCUT2D eigenvalue weighted by atomic mass is 10.1. The molecule has 122 valence electrons. The van der Waals surface area contributed by atoms with Gasteiger partial charge in [-0.2, -0.15) is 0 Å². The zero-order valence-electron chi connectivity index (χ0n) is 13.2. The number of aromatic nitrogens is 3. The molecule has 0 bridgehead atoms. The first kappa shape index (κ1) is 15.9. The van der Waals surface area contributed by atoms with Gasteiger partial charge in [0.2, 0.25) is 0 Å². The summed E-state index contributed by atoms with van der Waals surface area (Å²) in [6, 6.07) is 16.5. The van der Waals surface area contributed by atoms with Gasteiger partial charge in [0, 0.05) is 0 Å². The van der Waals surface area contributed by atoms with Crippen molar-refractivity contribution in [3.63, 3.8) is 0 Å². The molecule has 1 N–H and O–H groups in total. The van der Waals surface area contributed by atoms with Gasteiger partial charge in [-0.15, -0.1) is 10.2 Å². The minimum atomic E-state index is -0.928. The van der Waals surface area contributed by atoms with Crippen LogP contribution in [0.3, 0.4) is 0 Å². The predicted octanol–water partition coefficient (Wildman–Crippen LogP) is 2.19. The molecule has 0 aliphatic rings. The fourth-order valence-electron chi connectivity index (χ4n) is 2.45. The molecule has 0 saturated heterocycles. The zero-order valence-corrected chi connectivity index (χ0v) is 13.2. The van der Waals surface area contributed by atoms with Gasteiger partial charge >= 0.3 is 5.97 Å². The Labute approximate surface area is 139 Å². The second-order valence-electron chi connectivity index (χ2n) is 5.32. The maximum absolute atomic E-state index is 11.5. The molecular formula is C18H17N3O3. The molecule has 6 nitrogen and oxygen atoms in total. The summed E-state index contributed by atoms with van der Waals surface area (Å²) < 4.78 is 6.47. The van der Waals surface area contributed by atoms with Gasteiger partial charge in [-0.25, -0.2) is 4.79 Å². The van der Waals surface area contributed by atoms with Gasteiger partial charge in [-0.05, 0) is 23.3 Å². The predicted molar refractivity (Wildman–Crippen MR) is 87.4 cm³/mol. The van der Waals surface area contributed by atoms with Gasteiger partial charge in [0.1, 0.15) is 12.4 Å². The van der Waals surface area contributed by atoms with Crippen molar-refractivity contribution in [1.29, 1.82) is 0 Å². The number of rotatable bonds is 5. The SMILES string of the molecule is COC(=O)c1ccc([C@H](O)c2nncn2Cc2ccccc2)cc1. The largest absolute Gasteiger partial charge is 0.465 e. The van der Waals surface area contributed by atoms with Crippen LogP contribution in [-0.4, -0.2) is 33.0 Å². The van der Waals surface area contributed by atoms with Crippen LogP contribution in [0.4, 0.5) is 0 Å². The monoisotopic (exact) mass is 323 g/mol. The summed E-state index contributed by atoms with van der Waals surface area (Å²) in [7, 11) is 1.33. The lowest BCUT2D eigenvalue weighted by Gasteiger charge is -2.13. The Hall–Kier alpha value is -2.99. The molecule has 3 rings (SSSR count). The highest BCUT2D eigenvalue weighted by Crippen LogP contribution is 2.21. The van der Waals surface area contributed by atoms with E-state index in [1.807, 2.05) is 30.3 Å². The van der Waals surface area contributed by atoms with Crippen molar-refractivity contribution in [1.82, 2.24) is 14.8 Å². The Balaban J connectivity index is 1.82. The van der Waals surface area contributed by atoms with Gasteiger partial charge in [-0.1, -0.05) is 42.5 Å². The summed E-state index contributed by atoms with van der Waals surface area (Å²) in [6.07, 6.45) is 0.664. The van der Waals surface area contributed by atoms with E-state index in [9.17, 15) is 9.90 Å². The summed E-state index contributed by atoms with van der Waals surface area (Å²) in [5.41, 5.74) is 2.15. The molecule has 2 aromatic carbocycles. The molecule has 1 heterocycles. The number of aliphatic hydroxyl groups excluding tert-OH is 1. The van der Waals surface area contributed by atoms with E-state index in [4.69, 9.17) is 0 Å². The molecular weight excluding hydrogens is 306 g/mol. The molecule has 0 unspecified atom stereocenters. The van der Waals surface area contributed by atoms with Crippen LogP contribution < -0.4 is 0 Å². The third kappa shape index (κ3) is 3.33. The minimum absolute atomic E-state index is 0.414. The fourth-order valence-corrected chi connectivity index (χ4v) is 2.45. The number of methoxy groups -OCH3 is 1. The van der Waals surface area contributed by atoms with E-state index in [1.165, 1.54) is 7.11 Å². The van der Waals surface area contributed by atoms with E-state index in [2.05, 4.69) is 14.9 Å². The van der Waals surface area contributed by atoms with Gasteiger partial charge < -0.3 is 14.4 Å². The molecule has 0 aliphatic heterocycles. The quantitative estimate of drug-likeness (QED) is 0.728. The van der Waals surface area contributed by atoms with Crippen LogP contribution in [0.2, 0.25) is 0 Å². The molecule has 0 saturated carbocycles. The Morgan fingerprint density at radius 1 is 1.17 bits per heavy atom. The van der Waals surface area contributed by atoms with E-state index in [-0.39, 0.29) is 0 Å². The Kier molecular flexibility index (Phi) is 4.67. The lowest BCUT2D eigenvalue weighted by Crippen LogP contribution is -2.11. The smallest absolute Gasteiger partial charge is 0.337 e. The van der Waals surface area contributed by atoms with Crippen molar-refractivity contribution in [3.05, 3.63) is 83.4 Å². The number of esters is 1. The zero-order chi connectivity index (χ0) is 16.9. The Bertz CT molecular complexity index is 813. The van der Waals surface area contributed by atoms with Crippen molar-refractivity contribution >= 4 is 5.97 Å². The highest BCUT2D eigenvalue weighted by atomic mass is 16.5. The molecule has 0 amide bonds. The third-order valence-electron chi connectivity index (χ3n) is 3.73. The minimum Gasteiger partial charge on any atom is -0.465 e. The first-order valence-electron chi connectivity index (χ1n) is 7.47. The number of aliphatic hydroxyl groups is 1. The number of hydrogen-bond acceptors (Lipinski definition) is 5. The van der Waals surface area contributed by atoms with Crippen LogP contribution in [0.25, 0.3) is 0 Å². The number of nitrogens with zero attached hydrogens (tertiary/aromatic N) is 3. The molecule has 3 aromatic rings. The number of hydrogen-bond donors (Lipinski definition) is 1. The highest BCUT2D eigenvalue weighted by Gasteiger charge is 2.18. The first-order valence-corrected chi connectivity index (χ1v) is 7.47. The second-order valence-corrected chi connectivity index (χ2v) is 5.32. The Morgan fingerprint density at radius 3 is 2.54 bits per heavy atom. The number of ether oxygens (including phenoxy) is 1. The Morgan fingerprint density at radius 2 is 1.88 bits per heavy atom. The molecule has 0 radical (unpaired) electrons. The van der Waals surface area contributed by atoms with Gasteiger partial charge in [0.25, 0.3) is 0 Å². The van der Waals surface area contributed by atoms with Crippen LogP contribution in [0.1, 0.15) is 33.4 Å². The highest BCUT2D eigenvalue weighted by molar-refractivity contribution is 5.89. The number of carbonyl (C=O) groups is 1. The van der Waals surface area contributed by atoms with E-state index in [1.54, 1.807) is 35.2 Å². The lowest BCUT2D eigenvalue weighted by molar-refractivity contribution is 0.0600. The van der Waals surface area contributed by atoms with Crippen molar-refractivity contribution in [2.75, 3.05) is 7.11 Å². The van der Waals surface area contributed by atoms with Crippen molar-refractivity contribution in [2.24, 2.45) is 0 Å². The van der Waals surface area contributed by atoms with Crippen LogP contribution in [0, 0.1) is 0 Å². The van der Waals surface area contributed by atoms with Crippen molar-refractivity contribution < 1.29 is 14.6 Å². The van der Waals surface area contributed by atoms with Crippen LogP contribution >= 0.6 is 0 Å². The topological polar surface area (TPSA) is 77.2 Å². The number of benzene rings is 2. The average Bonchev–Trinajstić information content (AvgIpc) is 3.09.